The van der Waals surface area contributed by atoms with E-state index in [1.165, 1.54) is 18.5 Å². The van der Waals surface area contributed by atoms with E-state index in [2.05, 4.69) is 19.2 Å². The van der Waals surface area contributed by atoms with E-state index >= 15 is 0 Å². The summed E-state index contributed by atoms with van der Waals surface area (Å²) in [6.07, 6.45) is 5.61. The number of carbonyl (C=O) groups excluding carboxylic acids is 1. The number of methoxy groups -OCH3 is 2. The average Bonchev–Trinajstić information content (AvgIpc) is 2.81. The third-order valence-electron chi connectivity index (χ3n) is 5.69. The topological polar surface area (TPSA) is 84.9 Å². The summed E-state index contributed by atoms with van der Waals surface area (Å²) in [5.41, 5.74) is 1.68. The van der Waals surface area contributed by atoms with E-state index in [1.54, 1.807) is 42.5 Å². The summed E-state index contributed by atoms with van der Waals surface area (Å²) >= 11 is 0. The van der Waals surface area contributed by atoms with Gasteiger partial charge in [0.1, 0.15) is 11.5 Å². The number of hydrogen-bond acceptors (Lipinski definition) is 5. The second-order valence-corrected chi connectivity index (χ2v) is 10.0. The van der Waals surface area contributed by atoms with E-state index < -0.39 is 10.0 Å². The minimum Gasteiger partial charge on any atom is -0.497 e. The van der Waals surface area contributed by atoms with Crippen LogP contribution in [0.5, 0.6) is 11.5 Å². The fourth-order valence-electron chi connectivity index (χ4n) is 3.58. The zero-order chi connectivity index (χ0) is 24.4. The highest BCUT2D eigenvalue weighted by Gasteiger charge is 2.22. The molecular formula is C25H36N2O5S. The number of unbranched alkanes of at least 4 members (excludes halogenated alkanes) is 1. The Bertz CT molecular complexity index is 1010. The van der Waals surface area contributed by atoms with Gasteiger partial charge in [-0.1, -0.05) is 45.2 Å². The number of hydrogen-bond donors (Lipinski definition) is 1. The van der Waals surface area contributed by atoms with Gasteiger partial charge in [0.05, 0.1) is 32.7 Å². The van der Waals surface area contributed by atoms with E-state index in [-0.39, 0.29) is 12.5 Å². The van der Waals surface area contributed by atoms with Crippen LogP contribution in [0.25, 0.3) is 0 Å². The standard InChI is InChI=1S/C25H36N2O5S/c1-6-8-9-19(7-2)17-26-25(28)21-12-10-20(11-13-21)18-27(33(5,29)30)23-16-22(31-3)14-15-24(23)32-4/h10-16,19H,6-9,17-18H2,1-5H3,(H,26,28). The van der Waals surface area contributed by atoms with Gasteiger partial charge in [-0.3, -0.25) is 9.10 Å². The lowest BCUT2D eigenvalue weighted by atomic mass is 9.99. The van der Waals surface area contributed by atoms with Crippen molar-refractivity contribution in [3.63, 3.8) is 0 Å². The van der Waals surface area contributed by atoms with Crippen LogP contribution in [-0.4, -0.2) is 41.3 Å². The first-order valence-electron chi connectivity index (χ1n) is 11.3. The van der Waals surface area contributed by atoms with E-state index in [9.17, 15) is 13.2 Å². The highest BCUT2D eigenvalue weighted by atomic mass is 32.2. The molecule has 182 valence electrons. The molecule has 1 amide bonds. The molecule has 0 aliphatic carbocycles. The van der Waals surface area contributed by atoms with Gasteiger partial charge in [0.2, 0.25) is 10.0 Å². The van der Waals surface area contributed by atoms with Gasteiger partial charge in [0.15, 0.2) is 0 Å². The van der Waals surface area contributed by atoms with Crippen LogP contribution in [0.1, 0.15) is 55.5 Å². The van der Waals surface area contributed by atoms with E-state index in [4.69, 9.17) is 9.47 Å². The van der Waals surface area contributed by atoms with Gasteiger partial charge >= 0.3 is 0 Å². The Kier molecular flexibility index (Phi) is 10.0. The Labute approximate surface area is 198 Å². The predicted molar refractivity (Wildman–Crippen MR) is 133 cm³/mol. The molecule has 0 bridgehead atoms. The van der Waals surface area contributed by atoms with Gasteiger partial charge in [-0.25, -0.2) is 8.42 Å². The number of benzene rings is 2. The first-order chi connectivity index (χ1) is 15.7. The first-order valence-corrected chi connectivity index (χ1v) is 13.1. The molecule has 2 aromatic carbocycles. The molecule has 0 heterocycles. The van der Waals surface area contributed by atoms with E-state index in [1.807, 2.05) is 0 Å². The molecule has 33 heavy (non-hydrogen) atoms. The number of nitrogens with one attached hydrogen (secondary N) is 1. The summed E-state index contributed by atoms with van der Waals surface area (Å²) in [5.74, 6) is 1.31. The SMILES string of the molecule is CCCCC(CC)CNC(=O)c1ccc(CN(c2cc(OC)ccc2OC)S(C)(=O)=O)cc1. The van der Waals surface area contributed by atoms with Crippen LogP contribution in [0.3, 0.4) is 0 Å². The van der Waals surface area contributed by atoms with Crippen LogP contribution in [0.2, 0.25) is 0 Å². The number of nitrogens with zero attached hydrogens (tertiary/aromatic N) is 1. The van der Waals surface area contributed by atoms with Gasteiger partial charge in [0, 0.05) is 18.2 Å². The lowest BCUT2D eigenvalue weighted by Crippen LogP contribution is -2.30. The van der Waals surface area contributed by atoms with Crippen molar-refractivity contribution in [2.45, 2.75) is 46.1 Å². The van der Waals surface area contributed by atoms with Crippen molar-refractivity contribution in [3.8, 4) is 11.5 Å². The Hall–Kier alpha value is -2.74. The monoisotopic (exact) mass is 476 g/mol. The molecule has 2 aromatic rings. The molecule has 0 aliphatic rings. The zero-order valence-electron chi connectivity index (χ0n) is 20.3. The number of carbonyl (C=O) groups is 1. The Morgan fingerprint density at radius 1 is 1.06 bits per heavy atom. The first kappa shape index (κ1) is 26.5. The molecule has 1 N–H and O–H groups in total. The molecule has 1 unspecified atom stereocenters. The number of ether oxygens (including phenoxy) is 2. The van der Waals surface area contributed by atoms with Crippen LogP contribution in [0.15, 0.2) is 42.5 Å². The minimum absolute atomic E-state index is 0.0964. The van der Waals surface area contributed by atoms with E-state index in [0.717, 1.165) is 37.5 Å². The van der Waals surface area contributed by atoms with Gasteiger partial charge in [-0.15, -0.1) is 0 Å². The number of amides is 1. The highest BCUT2D eigenvalue weighted by Crippen LogP contribution is 2.34. The fourth-order valence-corrected chi connectivity index (χ4v) is 4.47. The summed E-state index contributed by atoms with van der Waals surface area (Å²) in [5, 5.41) is 3.02. The van der Waals surface area contributed by atoms with Crippen molar-refractivity contribution >= 4 is 21.6 Å². The lowest BCUT2D eigenvalue weighted by Gasteiger charge is -2.25. The summed E-state index contributed by atoms with van der Waals surface area (Å²) in [6, 6.07) is 12.0. The van der Waals surface area contributed by atoms with Crippen LogP contribution in [-0.2, 0) is 16.6 Å². The maximum absolute atomic E-state index is 12.6. The third-order valence-corrected chi connectivity index (χ3v) is 6.82. The summed E-state index contributed by atoms with van der Waals surface area (Å²) < 4.78 is 37.1. The summed E-state index contributed by atoms with van der Waals surface area (Å²) in [6.45, 7) is 5.07. The van der Waals surface area contributed by atoms with Crippen molar-refractivity contribution < 1.29 is 22.7 Å². The van der Waals surface area contributed by atoms with Gasteiger partial charge in [-0.2, -0.15) is 0 Å². The van der Waals surface area contributed by atoms with Gasteiger partial charge in [0.25, 0.3) is 5.91 Å². The fraction of sp³-hybridized carbons (Fsp3) is 0.480. The van der Waals surface area contributed by atoms with Crippen molar-refractivity contribution in [1.29, 1.82) is 0 Å². The van der Waals surface area contributed by atoms with Crippen molar-refractivity contribution in [2.24, 2.45) is 5.92 Å². The highest BCUT2D eigenvalue weighted by molar-refractivity contribution is 7.92. The quantitative estimate of drug-likeness (QED) is 0.456. The smallest absolute Gasteiger partial charge is 0.251 e. The Morgan fingerprint density at radius 3 is 2.30 bits per heavy atom. The molecule has 0 saturated heterocycles. The average molecular weight is 477 g/mol. The summed E-state index contributed by atoms with van der Waals surface area (Å²) in [7, 11) is -0.599. The second-order valence-electron chi connectivity index (χ2n) is 8.13. The summed E-state index contributed by atoms with van der Waals surface area (Å²) in [4.78, 5) is 12.6. The molecule has 2 rings (SSSR count). The zero-order valence-corrected chi connectivity index (χ0v) is 21.1. The molecule has 0 fully saturated rings. The minimum atomic E-state index is -3.61. The van der Waals surface area contributed by atoms with Gasteiger partial charge < -0.3 is 14.8 Å². The number of anilines is 1. The number of sulfonamides is 1. The molecule has 0 saturated carbocycles. The molecular weight excluding hydrogens is 440 g/mol. The molecule has 0 aliphatic heterocycles. The molecule has 0 spiro atoms. The Balaban J connectivity index is 2.16. The van der Waals surface area contributed by atoms with Crippen LogP contribution < -0.4 is 19.1 Å². The van der Waals surface area contributed by atoms with E-state index in [0.29, 0.717) is 35.2 Å². The molecule has 0 aromatic heterocycles. The van der Waals surface area contributed by atoms with Crippen molar-refractivity contribution in [1.82, 2.24) is 5.32 Å². The Morgan fingerprint density at radius 2 is 1.76 bits per heavy atom. The van der Waals surface area contributed by atoms with Crippen LogP contribution in [0.4, 0.5) is 5.69 Å². The van der Waals surface area contributed by atoms with Crippen LogP contribution in [0, 0.1) is 5.92 Å². The molecule has 7 nitrogen and oxygen atoms in total. The van der Waals surface area contributed by atoms with Crippen LogP contribution >= 0.6 is 0 Å². The normalized spacial score (nSPS) is 12.2. The van der Waals surface area contributed by atoms with Gasteiger partial charge in [-0.05, 0) is 42.2 Å². The maximum Gasteiger partial charge on any atom is 0.251 e. The largest absolute Gasteiger partial charge is 0.497 e. The van der Waals surface area contributed by atoms with Crippen molar-refractivity contribution in [3.05, 3.63) is 53.6 Å². The maximum atomic E-state index is 12.6. The third kappa shape index (κ3) is 7.67. The molecule has 8 heteroatoms. The predicted octanol–water partition coefficient (Wildman–Crippen LogP) is 4.62. The number of rotatable bonds is 13. The molecule has 1 atom stereocenters. The molecule has 0 radical (unpaired) electrons. The van der Waals surface area contributed by atoms with Crippen molar-refractivity contribution in [2.75, 3.05) is 31.3 Å². The second kappa shape index (κ2) is 12.5. The lowest BCUT2D eigenvalue weighted by molar-refractivity contribution is 0.0946.